The number of ketones is 1. The summed E-state index contributed by atoms with van der Waals surface area (Å²) in [5, 5.41) is 3.34. The number of Topliss-reactive ketones (excluding diaryl/α,β-unsaturated/α-hetero) is 1. The zero-order chi connectivity index (χ0) is 13.0. The highest BCUT2D eigenvalue weighted by atomic mass is 16.1. The average Bonchev–Trinajstić information content (AvgIpc) is 2.78. The molecule has 0 amide bonds. The molecule has 0 aromatic carbocycles. The van der Waals surface area contributed by atoms with Crippen molar-refractivity contribution in [1.29, 1.82) is 0 Å². The Morgan fingerprint density at radius 3 is 3.17 bits per heavy atom. The number of rotatable bonds is 6. The van der Waals surface area contributed by atoms with Gasteiger partial charge in [0.1, 0.15) is 5.78 Å². The first-order valence-corrected chi connectivity index (χ1v) is 6.88. The van der Waals surface area contributed by atoms with Gasteiger partial charge < -0.3 is 5.32 Å². The van der Waals surface area contributed by atoms with Crippen molar-refractivity contribution >= 4 is 5.78 Å². The lowest BCUT2D eigenvalue weighted by molar-refractivity contribution is -0.120. The van der Waals surface area contributed by atoms with Crippen LogP contribution in [0.1, 0.15) is 50.3 Å². The van der Waals surface area contributed by atoms with Crippen LogP contribution in [0, 0.1) is 0 Å². The van der Waals surface area contributed by atoms with Crippen LogP contribution >= 0.6 is 0 Å². The van der Waals surface area contributed by atoms with Crippen LogP contribution in [0.3, 0.4) is 0 Å². The quantitative estimate of drug-likeness (QED) is 0.784. The third kappa shape index (κ3) is 3.16. The first kappa shape index (κ1) is 13.2. The van der Waals surface area contributed by atoms with Crippen LogP contribution in [-0.2, 0) is 11.2 Å². The van der Waals surface area contributed by atoms with Crippen LogP contribution in [0.15, 0.2) is 18.3 Å². The molecule has 0 saturated heterocycles. The van der Waals surface area contributed by atoms with Crippen LogP contribution < -0.4 is 5.32 Å². The SMILES string of the molecule is CC(C)NCCCC(=O)C1CCc2cccnc21. The minimum absolute atomic E-state index is 0.0558. The summed E-state index contributed by atoms with van der Waals surface area (Å²) in [6.45, 7) is 5.17. The van der Waals surface area contributed by atoms with Gasteiger partial charge in [-0.1, -0.05) is 19.9 Å². The minimum Gasteiger partial charge on any atom is -0.315 e. The number of pyridine rings is 1. The molecular formula is C15H22N2O. The number of hydrogen-bond donors (Lipinski definition) is 1. The first-order valence-electron chi connectivity index (χ1n) is 6.88. The fraction of sp³-hybridized carbons (Fsp3) is 0.600. The summed E-state index contributed by atoms with van der Waals surface area (Å²) < 4.78 is 0. The lowest BCUT2D eigenvalue weighted by atomic mass is 9.97. The van der Waals surface area contributed by atoms with E-state index in [0.29, 0.717) is 18.2 Å². The third-order valence-corrected chi connectivity index (χ3v) is 3.50. The predicted molar refractivity (Wildman–Crippen MR) is 72.7 cm³/mol. The normalized spacial score (nSPS) is 18.1. The molecule has 0 spiro atoms. The van der Waals surface area contributed by atoms with Crippen molar-refractivity contribution in [2.24, 2.45) is 0 Å². The molecule has 3 nitrogen and oxygen atoms in total. The van der Waals surface area contributed by atoms with Crippen molar-refractivity contribution in [3.63, 3.8) is 0 Å². The Morgan fingerprint density at radius 2 is 2.39 bits per heavy atom. The lowest BCUT2D eigenvalue weighted by Crippen LogP contribution is -2.24. The zero-order valence-electron chi connectivity index (χ0n) is 11.3. The summed E-state index contributed by atoms with van der Waals surface area (Å²) >= 11 is 0. The highest BCUT2D eigenvalue weighted by Crippen LogP contribution is 2.32. The monoisotopic (exact) mass is 246 g/mol. The summed E-state index contributed by atoms with van der Waals surface area (Å²) in [6, 6.07) is 4.54. The Morgan fingerprint density at radius 1 is 1.56 bits per heavy atom. The van der Waals surface area contributed by atoms with Crippen molar-refractivity contribution < 1.29 is 4.79 Å². The van der Waals surface area contributed by atoms with Gasteiger partial charge in [0.15, 0.2) is 0 Å². The molecule has 1 aromatic rings. The number of fused-ring (bicyclic) bond motifs is 1. The molecule has 0 saturated carbocycles. The van der Waals surface area contributed by atoms with Gasteiger partial charge in [0, 0.05) is 18.7 Å². The molecule has 1 N–H and O–H groups in total. The van der Waals surface area contributed by atoms with E-state index >= 15 is 0 Å². The lowest BCUT2D eigenvalue weighted by Gasteiger charge is -2.10. The summed E-state index contributed by atoms with van der Waals surface area (Å²) in [4.78, 5) is 16.6. The second kappa shape index (κ2) is 6.10. The van der Waals surface area contributed by atoms with E-state index in [9.17, 15) is 4.79 Å². The molecule has 1 atom stereocenters. The number of aromatic nitrogens is 1. The maximum absolute atomic E-state index is 12.2. The van der Waals surface area contributed by atoms with Gasteiger partial charge in [0.25, 0.3) is 0 Å². The average molecular weight is 246 g/mol. The van der Waals surface area contributed by atoms with Gasteiger partial charge in [-0.05, 0) is 37.4 Å². The second-order valence-corrected chi connectivity index (χ2v) is 5.32. The largest absolute Gasteiger partial charge is 0.315 e. The van der Waals surface area contributed by atoms with E-state index in [1.807, 2.05) is 6.07 Å². The Labute approximate surface area is 109 Å². The van der Waals surface area contributed by atoms with Gasteiger partial charge >= 0.3 is 0 Å². The number of carbonyl (C=O) groups is 1. The van der Waals surface area contributed by atoms with E-state index in [4.69, 9.17) is 0 Å². The number of aryl methyl sites for hydroxylation is 1. The van der Waals surface area contributed by atoms with Gasteiger partial charge in [-0.2, -0.15) is 0 Å². The van der Waals surface area contributed by atoms with Crippen molar-refractivity contribution in [3.8, 4) is 0 Å². The van der Waals surface area contributed by atoms with Crippen LogP contribution in [0.25, 0.3) is 0 Å². The Kier molecular flexibility index (Phi) is 4.48. The fourth-order valence-electron chi connectivity index (χ4n) is 2.55. The first-order chi connectivity index (χ1) is 8.68. The van der Waals surface area contributed by atoms with Crippen molar-refractivity contribution in [3.05, 3.63) is 29.6 Å². The Balaban J connectivity index is 1.84. The number of nitrogens with one attached hydrogen (secondary N) is 1. The standard InChI is InChI=1S/C15H22N2O/c1-11(2)16-9-4-6-14(18)13-8-7-12-5-3-10-17-15(12)13/h3,5,10-11,13,16H,4,6-9H2,1-2H3. The third-order valence-electron chi connectivity index (χ3n) is 3.50. The van der Waals surface area contributed by atoms with Crippen molar-refractivity contribution in [1.82, 2.24) is 10.3 Å². The topological polar surface area (TPSA) is 42.0 Å². The van der Waals surface area contributed by atoms with Gasteiger partial charge in [0.2, 0.25) is 0 Å². The maximum atomic E-state index is 12.2. The van der Waals surface area contributed by atoms with Crippen LogP contribution in [0.4, 0.5) is 0 Å². The zero-order valence-corrected chi connectivity index (χ0v) is 11.3. The van der Waals surface area contributed by atoms with Gasteiger partial charge in [-0.25, -0.2) is 0 Å². The van der Waals surface area contributed by atoms with Crippen LogP contribution in [0.5, 0.6) is 0 Å². The molecule has 2 rings (SSSR count). The highest BCUT2D eigenvalue weighted by molar-refractivity contribution is 5.86. The molecule has 1 heterocycles. The molecule has 0 radical (unpaired) electrons. The fourth-order valence-corrected chi connectivity index (χ4v) is 2.55. The maximum Gasteiger partial charge on any atom is 0.141 e. The molecule has 1 aromatic heterocycles. The molecular weight excluding hydrogens is 224 g/mol. The second-order valence-electron chi connectivity index (χ2n) is 5.32. The number of nitrogens with zero attached hydrogens (tertiary/aromatic N) is 1. The molecule has 3 heteroatoms. The van der Waals surface area contributed by atoms with Crippen LogP contribution in [0.2, 0.25) is 0 Å². The van der Waals surface area contributed by atoms with Crippen molar-refractivity contribution in [2.45, 2.75) is 51.5 Å². The summed E-state index contributed by atoms with van der Waals surface area (Å²) in [6.07, 6.45) is 5.34. The molecule has 18 heavy (non-hydrogen) atoms. The van der Waals surface area contributed by atoms with Gasteiger partial charge in [-0.3, -0.25) is 9.78 Å². The summed E-state index contributed by atoms with van der Waals surface area (Å²) in [5.41, 5.74) is 2.29. The smallest absolute Gasteiger partial charge is 0.141 e. The van der Waals surface area contributed by atoms with Crippen LogP contribution in [-0.4, -0.2) is 23.4 Å². The van der Waals surface area contributed by atoms with E-state index in [1.165, 1.54) is 5.56 Å². The summed E-state index contributed by atoms with van der Waals surface area (Å²) in [7, 11) is 0. The van der Waals surface area contributed by atoms with Gasteiger partial charge in [-0.15, -0.1) is 0 Å². The molecule has 1 unspecified atom stereocenters. The number of hydrogen-bond acceptors (Lipinski definition) is 3. The minimum atomic E-state index is 0.0558. The molecule has 98 valence electrons. The molecule has 0 fully saturated rings. The number of carbonyl (C=O) groups excluding carboxylic acids is 1. The van der Waals surface area contributed by atoms with E-state index < -0.39 is 0 Å². The molecule has 1 aliphatic rings. The molecule has 0 aliphatic heterocycles. The Bertz CT molecular complexity index is 415. The van der Waals surface area contributed by atoms with E-state index in [-0.39, 0.29) is 5.92 Å². The molecule has 0 bridgehead atoms. The van der Waals surface area contributed by atoms with E-state index in [2.05, 4.69) is 30.2 Å². The predicted octanol–water partition coefficient (Wildman–Crippen LogP) is 2.46. The van der Waals surface area contributed by atoms with Crippen molar-refractivity contribution in [2.75, 3.05) is 6.54 Å². The Hall–Kier alpha value is -1.22. The van der Waals surface area contributed by atoms with Gasteiger partial charge in [0.05, 0.1) is 11.6 Å². The summed E-state index contributed by atoms with van der Waals surface area (Å²) in [5.74, 6) is 0.415. The highest BCUT2D eigenvalue weighted by Gasteiger charge is 2.28. The van der Waals surface area contributed by atoms with E-state index in [1.54, 1.807) is 6.20 Å². The van der Waals surface area contributed by atoms with E-state index in [0.717, 1.165) is 31.5 Å². The molecule has 1 aliphatic carbocycles.